The van der Waals surface area contributed by atoms with Crippen molar-refractivity contribution in [2.24, 2.45) is 0 Å². The first-order chi connectivity index (χ1) is 12.3. The number of hydrogen-bond donors (Lipinski definition) is 1. The molecule has 0 aliphatic heterocycles. The molecule has 0 saturated heterocycles. The number of pyridine rings is 1. The highest BCUT2D eigenvalue weighted by Gasteiger charge is 2.04. The molecule has 4 nitrogen and oxygen atoms in total. The number of benzene rings is 2. The monoisotopic (exact) mass is 330 g/mol. The Morgan fingerprint density at radius 2 is 1.76 bits per heavy atom. The zero-order valence-electron chi connectivity index (χ0n) is 13.8. The summed E-state index contributed by atoms with van der Waals surface area (Å²) in [6.07, 6.45) is 5.04. The van der Waals surface area contributed by atoms with E-state index in [1.54, 1.807) is 49.7 Å². The molecule has 0 atom stereocenters. The van der Waals surface area contributed by atoms with Crippen LogP contribution in [0.1, 0.15) is 15.9 Å². The van der Waals surface area contributed by atoms with Crippen molar-refractivity contribution in [3.63, 3.8) is 0 Å². The molecule has 124 valence electrons. The van der Waals surface area contributed by atoms with Crippen LogP contribution in [-0.2, 0) is 0 Å². The minimum absolute atomic E-state index is 0.0721. The Labute approximate surface area is 146 Å². The fourth-order valence-corrected chi connectivity index (χ4v) is 2.33. The number of methoxy groups -OCH3 is 1. The molecule has 2 aromatic carbocycles. The second-order valence-corrected chi connectivity index (χ2v) is 5.36. The van der Waals surface area contributed by atoms with Gasteiger partial charge in [0.05, 0.1) is 7.11 Å². The van der Waals surface area contributed by atoms with E-state index >= 15 is 0 Å². The van der Waals surface area contributed by atoms with Crippen molar-refractivity contribution in [3.05, 3.63) is 90.1 Å². The Hall–Kier alpha value is -3.40. The first kappa shape index (κ1) is 16.5. The van der Waals surface area contributed by atoms with E-state index in [2.05, 4.69) is 10.3 Å². The SMILES string of the molecule is COc1ccc(C(=O)/C=C/c2cccnc2Nc2ccccc2)cc1. The summed E-state index contributed by atoms with van der Waals surface area (Å²) >= 11 is 0. The van der Waals surface area contributed by atoms with Gasteiger partial charge in [0.25, 0.3) is 0 Å². The molecular formula is C21H18N2O2. The van der Waals surface area contributed by atoms with Gasteiger partial charge in [-0.25, -0.2) is 4.98 Å². The van der Waals surface area contributed by atoms with Crippen LogP contribution in [0.2, 0.25) is 0 Å². The molecule has 4 heteroatoms. The summed E-state index contributed by atoms with van der Waals surface area (Å²) in [5.41, 5.74) is 2.39. The van der Waals surface area contributed by atoms with Crippen molar-refractivity contribution in [1.29, 1.82) is 0 Å². The number of carbonyl (C=O) groups is 1. The van der Waals surface area contributed by atoms with Crippen LogP contribution in [0.25, 0.3) is 6.08 Å². The van der Waals surface area contributed by atoms with Crippen molar-refractivity contribution < 1.29 is 9.53 Å². The van der Waals surface area contributed by atoms with Gasteiger partial charge in [-0.05, 0) is 60.7 Å². The predicted octanol–water partition coefficient (Wildman–Crippen LogP) is 4.73. The van der Waals surface area contributed by atoms with E-state index in [1.807, 2.05) is 42.5 Å². The van der Waals surface area contributed by atoms with Crippen LogP contribution in [0.3, 0.4) is 0 Å². The van der Waals surface area contributed by atoms with Crippen molar-refractivity contribution in [3.8, 4) is 5.75 Å². The minimum atomic E-state index is -0.0721. The lowest BCUT2D eigenvalue weighted by molar-refractivity contribution is 0.104. The van der Waals surface area contributed by atoms with Crippen LogP contribution in [0.5, 0.6) is 5.75 Å². The Morgan fingerprint density at radius 1 is 1.00 bits per heavy atom. The summed E-state index contributed by atoms with van der Waals surface area (Å²) in [4.78, 5) is 16.7. The van der Waals surface area contributed by atoms with Gasteiger partial charge in [0.15, 0.2) is 5.78 Å². The number of rotatable bonds is 6. The highest BCUT2D eigenvalue weighted by atomic mass is 16.5. The summed E-state index contributed by atoms with van der Waals surface area (Å²) in [6.45, 7) is 0. The Balaban J connectivity index is 1.77. The highest BCUT2D eigenvalue weighted by molar-refractivity contribution is 6.07. The maximum absolute atomic E-state index is 12.3. The van der Waals surface area contributed by atoms with Crippen LogP contribution < -0.4 is 10.1 Å². The number of nitrogens with zero attached hydrogens (tertiary/aromatic N) is 1. The van der Waals surface area contributed by atoms with Gasteiger partial charge in [-0.3, -0.25) is 4.79 Å². The van der Waals surface area contributed by atoms with E-state index in [0.717, 1.165) is 17.0 Å². The number of hydrogen-bond acceptors (Lipinski definition) is 4. The molecule has 0 amide bonds. The van der Waals surface area contributed by atoms with Crippen LogP contribution >= 0.6 is 0 Å². The Kier molecular flexibility index (Phi) is 5.22. The third-order valence-electron chi connectivity index (χ3n) is 3.66. The van der Waals surface area contributed by atoms with Crippen LogP contribution in [0.15, 0.2) is 79.0 Å². The number of ketones is 1. The van der Waals surface area contributed by atoms with E-state index < -0.39 is 0 Å². The number of nitrogens with one attached hydrogen (secondary N) is 1. The third kappa shape index (κ3) is 4.32. The van der Waals surface area contributed by atoms with Gasteiger partial charge in [-0.2, -0.15) is 0 Å². The molecule has 0 spiro atoms. The minimum Gasteiger partial charge on any atom is -0.497 e. The molecule has 0 saturated carbocycles. The zero-order valence-corrected chi connectivity index (χ0v) is 13.8. The summed E-state index contributed by atoms with van der Waals surface area (Å²) < 4.78 is 5.10. The summed E-state index contributed by atoms with van der Waals surface area (Å²) in [7, 11) is 1.60. The normalized spacial score (nSPS) is 10.6. The molecule has 0 fully saturated rings. The molecule has 0 unspecified atom stereocenters. The third-order valence-corrected chi connectivity index (χ3v) is 3.66. The number of para-hydroxylation sites is 1. The number of anilines is 2. The van der Waals surface area contributed by atoms with E-state index in [-0.39, 0.29) is 5.78 Å². The van der Waals surface area contributed by atoms with E-state index in [0.29, 0.717) is 11.4 Å². The summed E-state index contributed by atoms with van der Waals surface area (Å²) in [5, 5.41) is 3.26. The van der Waals surface area contributed by atoms with E-state index in [1.165, 1.54) is 0 Å². The van der Waals surface area contributed by atoms with Gasteiger partial charge < -0.3 is 10.1 Å². The molecule has 0 aliphatic rings. The van der Waals surface area contributed by atoms with Gasteiger partial charge in [0.2, 0.25) is 0 Å². The summed E-state index contributed by atoms with van der Waals surface area (Å²) in [6, 6.07) is 20.6. The van der Waals surface area contributed by atoms with Gasteiger partial charge in [0.1, 0.15) is 11.6 Å². The molecule has 3 rings (SSSR count). The van der Waals surface area contributed by atoms with Crippen LogP contribution in [0.4, 0.5) is 11.5 Å². The molecule has 1 aromatic heterocycles. The number of ether oxygens (including phenoxy) is 1. The quantitative estimate of drug-likeness (QED) is 0.524. The fourth-order valence-electron chi connectivity index (χ4n) is 2.33. The van der Waals surface area contributed by atoms with Crippen molar-refractivity contribution in [2.45, 2.75) is 0 Å². The standard InChI is InChI=1S/C21H18N2O2/c1-25-19-12-9-16(10-13-19)20(24)14-11-17-6-5-15-22-21(17)23-18-7-3-2-4-8-18/h2-15H,1H3,(H,22,23)/b14-11+. The van der Waals surface area contributed by atoms with Gasteiger partial charge in [-0.15, -0.1) is 0 Å². The Morgan fingerprint density at radius 3 is 2.48 bits per heavy atom. The number of aromatic nitrogens is 1. The lowest BCUT2D eigenvalue weighted by Crippen LogP contribution is -1.97. The van der Waals surface area contributed by atoms with Gasteiger partial charge >= 0.3 is 0 Å². The molecule has 0 aliphatic carbocycles. The molecule has 0 bridgehead atoms. The largest absolute Gasteiger partial charge is 0.497 e. The highest BCUT2D eigenvalue weighted by Crippen LogP contribution is 2.20. The molecule has 1 N–H and O–H groups in total. The van der Waals surface area contributed by atoms with Crippen molar-refractivity contribution in [2.75, 3.05) is 12.4 Å². The van der Waals surface area contributed by atoms with Crippen LogP contribution in [0, 0.1) is 0 Å². The smallest absolute Gasteiger partial charge is 0.185 e. The maximum Gasteiger partial charge on any atom is 0.185 e. The molecule has 1 heterocycles. The second kappa shape index (κ2) is 7.93. The lowest BCUT2D eigenvalue weighted by atomic mass is 10.1. The first-order valence-corrected chi connectivity index (χ1v) is 7.90. The van der Waals surface area contributed by atoms with Crippen LogP contribution in [-0.4, -0.2) is 17.9 Å². The predicted molar refractivity (Wildman–Crippen MR) is 100 cm³/mol. The average molecular weight is 330 g/mol. The zero-order chi connectivity index (χ0) is 17.5. The molecule has 0 radical (unpaired) electrons. The number of carbonyl (C=O) groups excluding carboxylic acids is 1. The van der Waals surface area contributed by atoms with Crippen molar-refractivity contribution >= 4 is 23.4 Å². The van der Waals surface area contributed by atoms with Crippen molar-refractivity contribution in [1.82, 2.24) is 4.98 Å². The fraction of sp³-hybridized carbons (Fsp3) is 0.0476. The van der Waals surface area contributed by atoms with Gasteiger partial charge in [0, 0.05) is 23.0 Å². The first-order valence-electron chi connectivity index (χ1n) is 7.90. The summed E-state index contributed by atoms with van der Waals surface area (Å²) in [5.74, 6) is 1.35. The Bertz CT molecular complexity index is 872. The van der Waals surface area contributed by atoms with E-state index in [4.69, 9.17) is 4.74 Å². The van der Waals surface area contributed by atoms with E-state index in [9.17, 15) is 4.79 Å². The second-order valence-electron chi connectivity index (χ2n) is 5.36. The number of allylic oxidation sites excluding steroid dienone is 1. The molecular weight excluding hydrogens is 312 g/mol. The average Bonchev–Trinajstić information content (AvgIpc) is 2.68. The molecule has 25 heavy (non-hydrogen) atoms. The maximum atomic E-state index is 12.3. The molecule has 3 aromatic rings. The van der Waals surface area contributed by atoms with Gasteiger partial charge in [-0.1, -0.05) is 18.2 Å². The topological polar surface area (TPSA) is 51.2 Å². The lowest BCUT2D eigenvalue weighted by Gasteiger charge is -2.08.